The van der Waals surface area contributed by atoms with Gasteiger partial charge in [-0.2, -0.15) is 0 Å². The average molecular weight is 357 g/mol. The van der Waals surface area contributed by atoms with Gasteiger partial charge in [-0.1, -0.05) is 0 Å². The van der Waals surface area contributed by atoms with E-state index in [9.17, 15) is 9.90 Å². The van der Waals surface area contributed by atoms with E-state index < -0.39 is 0 Å². The van der Waals surface area contributed by atoms with E-state index in [2.05, 4.69) is 5.32 Å². The number of phenolic OH excluding ortho intramolecular Hbond substituents is 1. The minimum Gasteiger partial charge on any atom is -0.508 e. The number of rotatable bonds is 6. The number of carbonyl (C=O) groups is 1. The summed E-state index contributed by atoms with van der Waals surface area (Å²) in [6.45, 7) is 2.91. The van der Waals surface area contributed by atoms with Crippen LogP contribution in [0.3, 0.4) is 0 Å². The van der Waals surface area contributed by atoms with Crippen LogP contribution in [-0.4, -0.2) is 47.3 Å². The molecule has 1 aliphatic carbocycles. The van der Waals surface area contributed by atoms with E-state index in [4.69, 9.17) is 0 Å². The lowest BCUT2D eigenvalue weighted by atomic mass is 10.0. The van der Waals surface area contributed by atoms with Gasteiger partial charge in [0, 0.05) is 24.0 Å². The fourth-order valence-electron chi connectivity index (χ4n) is 2.77. The molecule has 0 radical (unpaired) electrons. The maximum absolute atomic E-state index is 12.3. The minimum absolute atomic E-state index is 0. The Kier molecular flexibility index (Phi) is 7.06. The van der Waals surface area contributed by atoms with E-state index in [0.717, 1.165) is 43.3 Å². The zero-order valence-electron chi connectivity index (χ0n) is 13.2. The number of hydrogen-bond donors (Lipinski definition) is 2. The lowest BCUT2D eigenvalue weighted by Gasteiger charge is -2.32. The van der Waals surface area contributed by atoms with Gasteiger partial charge >= 0.3 is 0 Å². The Morgan fingerprint density at radius 1 is 1.17 bits per heavy atom. The summed E-state index contributed by atoms with van der Waals surface area (Å²) in [5, 5.41) is 12.9. The lowest BCUT2D eigenvalue weighted by molar-refractivity contribution is -0.129. The number of phenols is 1. The molecular formula is C17H25ClN2O2S. The molecule has 0 atom stereocenters. The molecule has 2 fully saturated rings. The van der Waals surface area contributed by atoms with Crippen molar-refractivity contribution in [2.24, 2.45) is 5.92 Å². The van der Waals surface area contributed by atoms with Gasteiger partial charge in [0.2, 0.25) is 5.91 Å². The van der Waals surface area contributed by atoms with Crippen molar-refractivity contribution < 1.29 is 9.90 Å². The maximum atomic E-state index is 12.3. The molecule has 0 bridgehead atoms. The molecule has 1 heterocycles. The summed E-state index contributed by atoms with van der Waals surface area (Å²) in [5.74, 6) is 1.88. The topological polar surface area (TPSA) is 52.6 Å². The number of halogens is 1. The van der Waals surface area contributed by atoms with Gasteiger partial charge < -0.3 is 15.3 Å². The quantitative estimate of drug-likeness (QED) is 0.769. The number of carbonyl (C=O) groups excluding carboxylic acids is 1. The summed E-state index contributed by atoms with van der Waals surface area (Å²) in [4.78, 5) is 15.3. The van der Waals surface area contributed by atoms with Crippen molar-refractivity contribution in [3.8, 4) is 5.75 Å². The summed E-state index contributed by atoms with van der Waals surface area (Å²) >= 11 is 1.54. The summed E-state index contributed by atoms with van der Waals surface area (Å²) in [6, 6.07) is 7.60. The smallest absolute Gasteiger partial charge is 0.232 e. The van der Waals surface area contributed by atoms with Crippen LogP contribution in [0.5, 0.6) is 5.75 Å². The summed E-state index contributed by atoms with van der Waals surface area (Å²) in [5.41, 5.74) is 0. The number of aromatic hydroxyl groups is 1. The van der Waals surface area contributed by atoms with Crippen LogP contribution in [0.2, 0.25) is 0 Å². The zero-order chi connectivity index (χ0) is 15.4. The molecule has 23 heavy (non-hydrogen) atoms. The van der Waals surface area contributed by atoms with E-state index in [1.165, 1.54) is 24.6 Å². The fourth-order valence-corrected chi connectivity index (χ4v) is 3.57. The Balaban J connectivity index is 0.00000192. The standard InChI is InChI=1S/C17H24N2O2S.ClH/c20-15-3-5-16(6-4-15)22-12-17(21)19-9-7-14(8-10-19)18-11-13-1-2-13;/h3-6,13-14,18,20H,1-2,7-12H2;1H. The van der Waals surface area contributed by atoms with Crippen molar-refractivity contribution in [3.63, 3.8) is 0 Å². The van der Waals surface area contributed by atoms with Crippen molar-refractivity contribution in [2.45, 2.75) is 36.6 Å². The Bertz CT molecular complexity index is 500. The van der Waals surface area contributed by atoms with Crippen LogP contribution < -0.4 is 5.32 Å². The Labute approximate surface area is 148 Å². The highest BCUT2D eigenvalue weighted by Gasteiger charge is 2.25. The van der Waals surface area contributed by atoms with E-state index >= 15 is 0 Å². The zero-order valence-corrected chi connectivity index (χ0v) is 14.9. The molecule has 1 aromatic carbocycles. The molecule has 2 aliphatic rings. The van der Waals surface area contributed by atoms with Gasteiger partial charge in [-0.3, -0.25) is 4.79 Å². The molecule has 4 nitrogen and oxygen atoms in total. The normalized spacial score (nSPS) is 18.5. The number of benzene rings is 1. The van der Waals surface area contributed by atoms with Crippen molar-refractivity contribution in [3.05, 3.63) is 24.3 Å². The Hall–Kier alpha value is -0.910. The van der Waals surface area contributed by atoms with E-state index in [0.29, 0.717) is 11.8 Å². The number of amides is 1. The van der Waals surface area contributed by atoms with Gasteiger partial charge in [0.05, 0.1) is 5.75 Å². The van der Waals surface area contributed by atoms with E-state index in [1.807, 2.05) is 17.0 Å². The molecular weight excluding hydrogens is 332 g/mol. The molecule has 0 unspecified atom stereocenters. The molecule has 1 saturated heterocycles. The third kappa shape index (κ3) is 5.90. The highest BCUT2D eigenvalue weighted by molar-refractivity contribution is 8.00. The highest BCUT2D eigenvalue weighted by atomic mass is 35.5. The summed E-state index contributed by atoms with van der Waals surface area (Å²) in [7, 11) is 0. The van der Waals surface area contributed by atoms with Crippen LogP contribution in [0.25, 0.3) is 0 Å². The van der Waals surface area contributed by atoms with Gasteiger partial charge in [-0.05, 0) is 62.4 Å². The largest absolute Gasteiger partial charge is 0.508 e. The molecule has 1 amide bonds. The van der Waals surface area contributed by atoms with Gasteiger partial charge in [0.15, 0.2) is 0 Å². The van der Waals surface area contributed by atoms with Gasteiger partial charge in [0.1, 0.15) is 5.75 Å². The van der Waals surface area contributed by atoms with Crippen molar-refractivity contribution in [1.29, 1.82) is 0 Å². The molecule has 1 aliphatic heterocycles. The predicted octanol–water partition coefficient (Wildman–Crippen LogP) is 2.90. The second-order valence-corrected chi connectivity index (χ2v) is 7.34. The number of likely N-dealkylation sites (tertiary alicyclic amines) is 1. The fraction of sp³-hybridized carbons (Fsp3) is 0.588. The van der Waals surface area contributed by atoms with E-state index in [1.54, 1.807) is 12.1 Å². The average Bonchev–Trinajstić information content (AvgIpc) is 3.37. The predicted molar refractivity (Wildman–Crippen MR) is 96.4 cm³/mol. The van der Waals surface area contributed by atoms with Crippen LogP contribution in [0, 0.1) is 5.92 Å². The number of piperidine rings is 1. The molecule has 0 aromatic heterocycles. The van der Waals surface area contributed by atoms with Gasteiger partial charge in [-0.25, -0.2) is 0 Å². The number of nitrogens with one attached hydrogen (secondary N) is 1. The Morgan fingerprint density at radius 2 is 1.83 bits per heavy atom. The van der Waals surface area contributed by atoms with Crippen LogP contribution >= 0.6 is 24.2 Å². The van der Waals surface area contributed by atoms with Crippen LogP contribution in [-0.2, 0) is 4.79 Å². The maximum Gasteiger partial charge on any atom is 0.232 e. The third-order valence-electron chi connectivity index (χ3n) is 4.44. The van der Waals surface area contributed by atoms with Crippen LogP contribution in [0.1, 0.15) is 25.7 Å². The summed E-state index contributed by atoms with van der Waals surface area (Å²) in [6.07, 6.45) is 4.92. The first-order chi connectivity index (χ1) is 10.7. The first kappa shape index (κ1) is 18.4. The third-order valence-corrected chi connectivity index (χ3v) is 5.44. The van der Waals surface area contributed by atoms with Gasteiger partial charge in [0.25, 0.3) is 0 Å². The monoisotopic (exact) mass is 356 g/mol. The van der Waals surface area contributed by atoms with E-state index in [-0.39, 0.29) is 24.1 Å². The second kappa shape index (κ2) is 8.81. The van der Waals surface area contributed by atoms with Crippen molar-refractivity contribution in [1.82, 2.24) is 10.2 Å². The lowest BCUT2D eigenvalue weighted by Crippen LogP contribution is -2.45. The first-order valence-electron chi connectivity index (χ1n) is 8.13. The van der Waals surface area contributed by atoms with Crippen LogP contribution in [0.4, 0.5) is 0 Å². The highest BCUT2D eigenvalue weighted by Crippen LogP contribution is 2.28. The summed E-state index contributed by atoms with van der Waals surface area (Å²) < 4.78 is 0. The number of thioether (sulfide) groups is 1. The van der Waals surface area contributed by atoms with Gasteiger partial charge in [-0.15, -0.1) is 24.2 Å². The SMILES string of the molecule is Cl.O=C(CSc1ccc(O)cc1)N1CCC(NCC2CC2)CC1. The van der Waals surface area contributed by atoms with Crippen molar-refractivity contribution >= 4 is 30.1 Å². The molecule has 128 valence electrons. The Morgan fingerprint density at radius 3 is 2.43 bits per heavy atom. The number of hydrogen-bond acceptors (Lipinski definition) is 4. The molecule has 0 spiro atoms. The molecule has 1 aromatic rings. The number of nitrogens with zero attached hydrogens (tertiary/aromatic N) is 1. The molecule has 1 saturated carbocycles. The molecule has 2 N–H and O–H groups in total. The minimum atomic E-state index is 0. The molecule has 6 heteroatoms. The second-order valence-electron chi connectivity index (χ2n) is 6.29. The van der Waals surface area contributed by atoms with Crippen LogP contribution in [0.15, 0.2) is 29.2 Å². The first-order valence-corrected chi connectivity index (χ1v) is 9.12. The van der Waals surface area contributed by atoms with Crippen molar-refractivity contribution in [2.75, 3.05) is 25.4 Å². The molecule has 3 rings (SSSR count).